The van der Waals surface area contributed by atoms with Gasteiger partial charge in [0.25, 0.3) is 5.91 Å². The molecule has 0 aliphatic carbocycles. The first kappa shape index (κ1) is 21.7. The third kappa shape index (κ3) is 5.73. The molecule has 29 heavy (non-hydrogen) atoms. The number of hydrogen-bond donors (Lipinski definition) is 0. The van der Waals surface area contributed by atoms with Crippen molar-refractivity contribution in [1.29, 1.82) is 0 Å². The highest BCUT2D eigenvalue weighted by molar-refractivity contribution is 7.91. The van der Waals surface area contributed by atoms with E-state index in [1.807, 2.05) is 18.2 Å². The molecule has 156 valence electrons. The summed E-state index contributed by atoms with van der Waals surface area (Å²) in [6.07, 6.45) is 2.33. The molecule has 1 aliphatic heterocycles. The number of rotatable bonds is 8. The summed E-state index contributed by atoms with van der Waals surface area (Å²) in [5.74, 6) is 0.395. The Kier molecular flexibility index (Phi) is 7.19. The normalized spacial score (nSPS) is 17.8. The van der Waals surface area contributed by atoms with Crippen LogP contribution in [-0.4, -0.2) is 43.4 Å². The van der Waals surface area contributed by atoms with E-state index in [4.69, 9.17) is 16.3 Å². The third-order valence-corrected chi connectivity index (χ3v) is 7.01. The second-order valence-corrected chi connectivity index (χ2v) is 9.98. The van der Waals surface area contributed by atoms with Crippen LogP contribution < -0.4 is 4.74 Å². The fraction of sp³-hybridized carbons (Fsp3) is 0.409. The van der Waals surface area contributed by atoms with Gasteiger partial charge >= 0.3 is 0 Å². The summed E-state index contributed by atoms with van der Waals surface area (Å²) in [4.78, 5) is 15.2. The lowest BCUT2D eigenvalue weighted by molar-refractivity contribution is 0.0676. The fourth-order valence-corrected chi connectivity index (χ4v) is 5.41. The lowest BCUT2D eigenvalue weighted by Gasteiger charge is -2.29. The number of benzene rings is 2. The maximum Gasteiger partial charge on any atom is 0.258 e. The number of unbranched alkanes of at least 4 members (excludes halogenated alkanes) is 1. The number of halogens is 1. The molecule has 3 rings (SSSR count). The van der Waals surface area contributed by atoms with E-state index >= 15 is 0 Å². The van der Waals surface area contributed by atoms with Crippen LogP contribution in [0.15, 0.2) is 48.5 Å². The lowest BCUT2D eigenvalue weighted by atomic mass is 10.1. The summed E-state index contributed by atoms with van der Waals surface area (Å²) in [6, 6.07) is 14.1. The first-order valence-electron chi connectivity index (χ1n) is 9.87. The van der Waals surface area contributed by atoms with E-state index in [2.05, 4.69) is 6.92 Å². The van der Waals surface area contributed by atoms with Gasteiger partial charge in [-0.2, -0.15) is 0 Å². The zero-order valence-corrected chi connectivity index (χ0v) is 18.1. The Morgan fingerprint density at radius 3 is 2.69 bits per heavy atom. The molecule has 2 aromatic rings. The van der Waals surface area contributed by atoms with Gasteiger partial charge in [0.2, 0.25) is 0 Å². The summed E-state index contributed by atoms with van der Waals surface area (Å²) >= 11 is 6.11. The highest BCUT2D eigenvalue weighted by Crippen LogP contribution is 2.27. The average Bonchev–Trinajstić information content (AvgIpc) is 3.06. The second-order valence-electron chi connectivity index (χ2n) is 7.32. The van der Waals surface area contributed by atoms with Crippen molar-refractivity contribution in [3.8, 4) is 5.75 Å². The minimum Gasteiger partial charge on any atom is -0.493 e. The predicted octanol–water partition coefficient (Wildman–Crippen LogP) is 4.35. The molecule has 0 spiro atoms. The molecule has 1 amide bonds. The van der Waals surface area contributed by atoms with Crippen LogP contribution in [-0.2, 0) is 16.4 Å². The van der Waals surface area contributed by atoms with Crippen LogP contribution in [0.25, 0.3) is 0 Å². The van der Waals surface area contributed by atoms with Gasteiger partial charge in [0, 0.05) is 17.6 Å². The summed E-state index contributed by atoms with van der Waals surface area (Å²) < 4.78 is 30.0. The highest BCUT2D eigenvalue weighted by Gasteiger charge is 2.35. The van der Waals surface area contributed by atoms with Crippen LogP contribution in [0.4, 0.5) is 0 Å². The molecule has 2 aromatic carbocycles. The van der Waals surface area contributed by atoms with Gasteiger partial charge in [0.05, 0.1) is 23.7 Å². The predicted molar refractivity (Wildman–Crippen MR) is 115 cm³/mol. The van der Waals surface area contributed by atoms with Crippen LogP contribution in [0.5, 0.6) is 5.75 Å². The number of para-hydroxylation sites is 1. The van der Waals surface area contributed by atoms with Crippen molar-refractivity contribution >= 4 is 27.3 Å². The quantitative estimate of drug-likeness (QED) is 0.578. The topological polar surface area (TPSA) is 63.7 Å². The number of carbonyl (C=O) groups is 1. The first-order valence-corrected chi connectivity index (χ1v) is 12.1. The number of carbonyl (C=O) groups excluding carboxylic acids is 1. The van der Waals surface area contributed by atoms with Crippen molar-refractivity contribution in [3.05, 3.63) is 64.7 Å². The molecule has 1 aliphatic rings. The zero-order chi connectivity index (χ0) is 20.9. The van der Waals surface area contributed by atoms with Crippen LogP contribution >= 0.6 is 11.6 Å². The van der Waals surface area contributed by atoms with E-state index in [1.165, 1.54) is 0 Å². The van der Waals surface area contributed by atoms with Gasteiger partial charge in [0.15, 0.2) is 9.84 Å². The Morgan fingerprint density at radius 1 is 1.21 bits per heavy atom. The summed E-state index contributed by atoms with van der Waals surface area (Å²) in [5, 5.41) is 0.581. The molecule has 5 nitrogen and oxygen atoms in total. The van der Waals surface area contributed by atoms with Gasteiger partial charge in [-0.1, -0.05) is 49.2 Å². The SMILES string of the molecule is CCCCOc1ccccc1C(=O)N(Cc1cccc(Cl)c1)C1CCS(=O)(=O)C1. The van der Waals surface area contributed by atoms with E-state index in [9.17, 15) is 13.2 Å². The van der Waals surface area contributed by atoms with E-state index in [0.717, 1.165) is 18.4 Å². The van der Waals surface area contributed by atoms with Gasteiger partial charge < -0.3 is 9.64 Å². The Balaban J connectivity index is 1.90. The number of ether oxygens (including phenoxy) is 1. The summed E-state index contributed by atoms with van der Waals surface area (Å²) in [6.45, 7) is 2.91. The molecule has 1 fully saturated rings. The standard InChI is InChI=1S/C22H26ClNO4S/c1-2-3-12-28-21-10-5-4-9-20(21)22(25)24(19-11-13-29(26,27)16-19)15-17-7-6-8-18(23)14-17/h4-10,14,19H,2-3,11-13,15-16H2,1H3. The van der Waals surface area contributed by atoms with Gasteiger partial charge in [-0.15, -0.1) is 0 Å². The third-order valence-electron chi connectivity index (χ3n) is 5.02. The van der Waals surface area contributed by atoms with Crippen molar-refractivity contribution in [2.45, 2.75) is 38.8 Å². The number of nitrogens with zero attached hydrogens (tertiary/aromatic N) is 1. The zero-order valence-electron chi connectivity index (χ0n) is 16.5. The Morgan fingerprint density at radius 2 is 2.00 bits per heavy atom. The molecule has 0 bridgehead atoms. The van der Waals surface area contributed by atoms with Crippen LogP contribution in [0.1, 0.15) is 42.1 Å². The molecule has 0 aromatic heterocycles. The lowest BCUT2D eigenvalue weighted by Crippen LogP contribution is -2.40. The minimum absolute atomic E-state index is 0.0157. The fourth-order valence-electron chi connectivity index (χ4n) is 3.47. The largest absolute Gasteiger partial charge is 0.493 e. The number of hydrogen-bond acceptors (Lipinski definition) is 4. The van der Waals surface area contributed by atoms with E-state index in [1.54, 1.807) is 35.2 Å². The maximum absolute atomic E-state index is 13.5. The molecule has 1 saturated heterocycles. The molecule has 0 radical (unpaired) electrons. The van der Waals surface area contributed by atoms with Crippen molar-refractivity contribution in [2.24, 2.45) is 0 Å². The van der Waals surface area contributed by atoms with Crippen LogP contribution in [0.2, 0.25) is 5.02 Å². The van der Waals surface area contributed by atoms with Gasteiger partial charge in [0.1, 0.15) is 5.75 Å². The Labute approximate surface area is 177 Å². The summed E-state index contributed by atoms with van der Waals surface area (Å²) in [7, 11) is -3.14. The molecule has 1 unspecified atom stereocenters. The average molecular weight is 436 g/mol. The van der Waals surface area contributed by atoms with Crippen molar-refractivity contribution in [3.63, 3.8) is 0 Å². The monoisotopic (exact) mass is 435 g/mol. The Hall–Kier alpha value is -2.05. The number of sulfone groups is 1. The van der Waals surface area contributed by atoms with Gasteiger partial charge in [-0.3, -0.25) is 4.79 Å². The minimum atomic E-state index is -3.14. The smallest absolute Gasteiger partial charge is 0.258 e. The molecule has 0 saturated carbocycles. The number of amides is 1. The van der Waals surface area contributed by atoms with Crippen molar-refractivity contribution in [2.75, 3.05) is 18.1 Å². The van der Waals surface area contributed by atoms with Crippen LogP contribution in [0, 0.1) is 0 Å². The van der Waals surface area contributed by atoms with Crippen LogP contribution in [0.3, 0.4) is 0 Å². The molecule has 7 heteroatoms. The van der Waals surface area contributed by atoms with E-state index < -0.39 is 9.84 Å². The molecule has 1 heterocycles. The molecule has 0 N–H and O–H groups in total. The van der Waals surface area contributed by atoms with Crippen molar-refractivity contribution < 1.29 is 17.9 Å². The van der Waals surface area contributed by atoms with Gasteiger partial charge in [-0.05, 0) is 42.7 Å². The van der Waals surface area contributed by atoms with E-state index in [0.29, 0.717) is 35.9 Å². The Bertz CT molecular complexity index is 961. The first-order chi connectivity index (χ1) is 13.9. The second kappa shape index (κ2) is 9.63. The molecular formula is C22H26ClNO4S. The summed E-state index contributed by atoms with van der Waals surface area (Å²) in [5.41, 5.74) is 1.31. The van der Waals surface area contributed by atoms with Gasteiger partial charge in [-0.25, -0.2) is 8.42 Å². The molecular weight excluding hydrogens is 410 g/mol. The molecule has 1 atom stereocenters. The van der Waals surface area contributed by atoms with E-state index in [-0.39, 0.29) is 23.5 Å². The van der Waals surface area contributed by atoms with Crippen molar-refractivity contribution in [1.82, 2.24) is 4.90 Å². The highest BCUT2D eigenvalue weighted by atomic mass is 35.5. The maximum atomic E-state index is 13.5.